The average Bonchev–Trinajstić information content (AvgIpc) is 2.62. The molecule has 0 aliphatic rings. The highest BCUT2D eigenvalue weighted by molar-refractivity contribution is 8.00. The van der Waals surface area contributed by atoms with Gasteiger partial charge in [-0.05, 0) is 29.8 Å². The minimum atomic E-state index is -0.628. The SMILES string of the molecule is O=C(Nc1ccc(F)cc1)[C@@H](Sc1nccc(=O)[nH]1)c1ccccc1. The topological polar surface area (TPSA) is 74.8 Å². The summed E-state index contributed by atoms with van der Waals surface area (Å²) in [6.45, 7) is 0. The van der Waals surface area contributed by atoms with E-state index in [0.29, 0.717) is 10.8 Å². The number of hydrogen-bond donors (Lipinski definition) is 2. The van der Waals surface area contributed by atoms with E-state index in [0.717, 1.165) is 17.3 Å². The van der Waals surface area contributed by atoms with Crippen LogP contribution in [0.15, 0.2) is 76.8 Å². The Hall–Kier alpha value is -2.93. The number of nitrogens with one attached hydrogen (secondary N) is 2. The maximum atomic E-state index is 13.0. The van der Waals surface area contributed by atoms with Crippen molar-refractivity contribution in [2.24, 2.45) is 0 Å². The number of hydrogen-bond acceptors (Lipinski definition) is 4. The van der Waals surface area contributed by atoms with Gasteiger partial charge in [0.2, 0.25) is 5.91 Å². The Morgan fingerprint density at radius 2 is 1.80 bits per heavy atom. The second-order valence-electron chi connectivity index (χ2n) is 5.14. The molecule has 25 heavy (non-hydrogen) atoms. The van der Waals surface area contributed by atoms with Crippen molar-refractivity contribution in [2.75, 3.05) is 5.32 Å². The molecule has 5 nitrogen and oxygen atoms in total. The summed E-state index contributed by atoms with van der Waals surface area (Å²) in [5.41, 5.74) is 0.962. The molecule has 2 aromatic carbocycles. The number of halogens is 1. The monoisotopic (exact) mass is 355 g/mol. The number of amides is 1. The minimum Gasteiger partial charge on any atom is -0.325 e. The number of benzene rings is 2. The number of H-pyrrole nitrogens is 1. The van der Waals surface area contributed by atoms with Crippen molar-refractivity contribution in [3.8, 4) is 0 Å². The third-order valence-electron chi connectivity index (χ3n) is 3.33. The van der Waals surface area contributed by atoms with Crippen molar-refractivity contribution in [1.29, 1.82) is 0 Å². The molecule has 0 saturated carbocycles. The van der Waals surface area contributed by atoms with Crippen LogP contribution in [-0.2, 0) is 4.79 Å². The number of rotatable bonds is 5. The number of aromatic amines is 1. The first-order valence-electron chi connectivity index (χ1n) is 7.45. The van der Waals surface area contributed by atoms with Crippen molar-refractivity contribution >= 4 is 23.4 Å². The van der Waals surface area contributed by atoms with E-state index in [1.807, 2.05) is 30.3 Å². The lowest BCUT2D eigenvalue weighted by Gasteiger charge is -2.16. The van der Waals surface area contributed by atoms with E-state index >= 15 is 0 Å². The zero-order chi connectivity index (χ0) is 17.6. The van der Waals surface area contributed by atoms with Gasteiger partial charge in [0.25, 0.3) is 5.56 Å². The zero-order valence-corrected chi connectivity index (χ0v) is 13.8. The average molecular weight is 355 g/mol. The van der Waals surface area contributed by atoms with E-state index in [1.54, 1.807) is 0 Å². The van der Waals surface area contributed by atoms with E-state index in [1.165, 1.54) is 36.5 Å². The number of nitrogens with zero attached hydrogens (tertiary/aromatic N) is 1. The lowest BCUT2D eigenvalue weighted by atomic mass is 10.1. The van der Waals surface area contributed by atoms with E-state index in [2.05, 4.69) is 15.3 Å². The highest BCUT2D eigenvalue weighted by atomic mass is 32.2. The van der Waals surface area contributed by atoms with E-state index in [9.17, 15) is 14.0 Å². The van der Waals surface area contributed by atoms with Crippen LogP contribution in [-0.4, -0.2) is 15.9 Å². The second-order valence-corrected chi connectivity index (χ2v) is 6.24. The van der Waals surface area contributed by atoms with Gasteiger partial charge < -0.3 is 10.3 Å². The van der Waals surface area contributed by atoms with Crippen LogP contribution in [0, 0.1) is 5.82 Å². The molecule has 0 fully saturated rings. The maximum absolute atomic E-state index is 13.0. The molecule has 3 rings (SSSR count). The molecule has 1 heterocycles. The zero-order valence-electron chi connectivity index (χ0n) is 13.0. The number of anilines is 1. The molecular weight excluding hydrogens is 341 g/mol. The van der Waals surface area contributed by atoms with Crippen LogP contribution in [0.2, 0.25) is 0 Å². The summed E-state index contributed by atoms with van der Waals surface area (Å²) >= 11 is 1.13. The first-order valence-corrected chi connectivity index (χ1v) is 8.33. The highest BCUT2D eigenvalue weighted by Crippen LogP contribution is 2.33. The Balaban J connectivity index is 1.86. The summed E-state index contributed by atoms with van der Waals surface area (Å²) in [6, 6.07) is 16.0. The Labute approximate surface area is 147 Å². The summed E-state index contributed by atoms with van der Waals surface area (Å²) in [6.07, 6.45) is 1.39. The van der Waals surface area contributed by atoms with Crippen LogP contribution in [0.3, 0.4) is 0 Å². The van der Waals surface area contributed by atoms with Gasteiger partial charge in [0.15, 0.2) is 5.16 Å². The molecule has 0 saturated heterocycles. The molecular formula is C18H14FN3O2S. The van der Waals surface area contributed by atoms with Crippen molar-refractivity contribution in [1.82, 2.24) is 9.97 Å². The molecule has 3 aromatic rings. The second kappa shape index (κ2) is 7.76. The van der Waals surface area contributed by atoms with Gasteiger partial charge in [-0.1, -0.05) is 42.1 Å². The lowest BCUT2D eigenvalue weighted by molar-refractivity contribution is -0.115. The molecule has 0 unspecified atom stereocenters. The van der Waals surface area contributed by atoms with Crippen molar-refractivity contribution < 1.29 is 9.18 Å². The fraction of sp³-hybridized carbons (Fsp3) is 0.0556. The molecule has 0 bridgehead atoms. The molecule has 0 radical (unpaired) electrons. The summed E-state index contributed by atoms with van der Waals surface area (Å²) in [5, 5.41) is 2.47. The van der Waals surface area contributed by atoms with E-state index in [4.69, 9.17) is 0 Å². The molecule has 1 aromatic heterocycles. The van der Waals surface area contributed by atoms with Gasteiger partial charge in [0.05, 0.1) is 0 Å². The van der Waals surface area contributed by atoms with Crippen LogP contribution < -0.4 is 10.9 Å². The van der Waals surface area contributed by atoms with Gasteiger partial charge in [-0.25, -0.2) is 9.37 Å². The Morgan fingerprint density at radius 3 is 2.48 bits per heavy atom. The smallest absolute Gasteiger partial charge is 0.251 e. The van der Waals surface area contributed by atoms with Crippen molar-refractivity contribution in [2.45, 2.75) is 10.4 Å². The fourth-order valence-electron chi connectivity index (χ4n) is 2.17. The van der Waals surface area contributed by atoms with Gasteiger partial charge in [0.1, 0.15) is 11.1 Å². The molecule has 2 N–H and O–H groups in total. The number of thioether (sulfide) groups is 1. The predicted molar refractivity (Wildman–Crippen MR) is 94.9 cm³/mol. The lowest BCUT2D eigenvalue weighted by Crippen LogP contribution is -2.19. The fourth-order valence-corrected chi connectivity index (χ4v) is 3.13. The van der Waals surface area contributed by atoms with Crippen LogP contribution >= 0.6 is 11.8 Å². The van der Waals surface area contributed by atoms with Gasteiger partial charge in [-0.3, -0.25) is 9.59 Å². The molecule has 7 heteroatoms. The Bertz CT molecular complexity index is 913. The quantitative estimate of drug-likeness (QED) is 0.543. The van der Waals surface area contributed by atoms with Gasteiger partial charge in [-0.15, -0.1) is 0 Å². The standard InChI is InChI=1S/C18H14FN3O2S/c19-13-6-8-14(9-7-13)21-17(24)16(12-4-2-1-3-5-12)25-18-20-11-10-15(23)22-18/h1-11,16H,(H,21,24)(H,20,22,23)/t16-/m0/s1. The van der Waals surface area contributed by atoms with Crippen LogP contribution in [0.4, 0.5) is 10.1 Å². The number of aromatic nitrogens is 2. The van der Waals surface area contributed by atoms with Gasteiger partial charge in [-0.2, -0.15) is 0 Å². The first kappa shape index (κ1) is 16.9. The Morgan fingerprint density at radius 1 is 1.08 bits per heavy atom. The van der Waals surface area contributed by atoms with Gasteiger partial charge >= 0.3 is 0 Å². The largest absolute Gasteiger partial charge is 0.325 e. The predicted octanol–water partition coefficient (Wildman–Crippen LogP) is 3.38. The summed E-state index contributed by atoms with van der Waals surface area (Å²) in [4.78, 5) is 30.9. The molecule has 0 aliphatic carbocycles. The third kappa shape index (κ3) is 4.54. The minimum absolute atomic E-state index is 0.289. The highest BCUT2D eigenvalue weighted by Gasteiger charge is 2.23. The maximum Gasteiger partial charge on any atom is 0.251 e. The molecule has 126 valence electrons. The number of carbonyl (C=O) groups excluding carboxylic acids is 1. The summed E-state index contributed by atoms with van der Waals surface area (Å²) < 4.78 is 13.0. The summed E-state index contributed by atoms with van der Waals surface area (Å²) in [7, 11) is 0. The first-order chi connectivity index (χ1) is 12.1. The molecule has 0 aliphatic heterocycles. The van der Waals surface area contributed by atoms with E-state index < -0.39 is 5.25 Å². The third-order valence-corrected chi connectivity index (χ3v) is 4.48. The van der Waals surface area contributed by atoms with Crippen molar-refractivity contribution in [3.05, 3.63) is 88.6 Å². The number of carbonyl (C=O) groups is 1. The Kier molecular flexibility index (Phi) is 5.25. The van der Waals surface area contributed by atoms with E-state index in [-0.39, 0.29) is 17.3 Å². The molecule has 1 atom stereocenters. The molecule has 0 spiro atoms. The molecule has 1 amide bonds. The van der Waals surface area contributed by atoms with Crippen LogP contribution in [0.1, 0.15) is 10.8 Å². The van der Waals surface area contributed by atoms with Gasteiger partial charge in [0, 0.05) is 18.0 Å². The van der Waals surface area contributed by atoms with Crippen LogP contribution in [0.25, 0.3) is 0 Å². The normalized spacial score (nSPS) is 11.7. The summed E-state index contributed by atoms with van der Waals surface area (Å²) in [5.74, 6) is -0.674. The van der Waals surface area contributed by atoms with Crippen molar-refractivity contribution in [3.63, 3.8) is 0 Å². The van der Waals surface area contributed by atoms with Crippen LogP contribution in [0.5, 0.6) is 0 Å².